The van der Waals surface area contributed by atoms with Gasteiger partial charge < -0.3 is 10.2 Å². The fourth-order valence-electron chi connectivity index (χ4n) is 5.51. The molecule has 3 aliphatic rings. The van der Waals surface area contributed by atoms with Gasteiger partial charge in [0.25, 0.3) is 0 Å². The number of nitrogens with zero attached hydrogens (tertiary/aromatic N) is 4. The van der Waals surface area contributed by atoms with Crippen LogP contribution in [0.15, 0.2) is 42.7 Å². The van der Waals surface area contributed by atoms with Gasteiger partial charge in [-0.05, 0) is 61.4 Å². The van der Waals surface area contributed by atoms with Crippen LogP contribution in [0.5, 0.6) is 0 Å². The minimum absolute atomic E-state index is 0.640. The molecule has 0 amide bonds. The zero-order valence-corrected chi connectivity index (χ0v) is 20.3. The standard InChI is InChI=1S/C28H39N5/c1-22(2)32-15-13-31(14-16-32)12-9-30-27-7-10-33(11-8-27)28-19-26(20-29-21-28)25-17-23-5-3-4-6-24(23)18-25/h3-6,17,19-22,27,30H,7-16,18H2,1-2H3. The zero-order chi connectivity index (χ0) is 22.6. The lowest BCUT2D eigenvalue weighted by molar-refractivity contribution is 0.108. The number of aromatic nitrogens is 1. The Labute approximate surface area is 199 Å². The molecule has 2 aromatic rings. The first-order valence-electron chi connectivity index (χ1n) is 12.8. The van der Waals surface area contributed by atoms with Crippen LogP contribution < -0.4 is 10.2 Å². The lowest BCUT2D eigenvalue weighted by atomic mass is 10.0. The van der Waals surface area contributed by atoms with E-state index in [4.69, 9.17) is 0 Å². The Morgan fingerprint density at radius 3 is 2.55 bits per heavy atom. The number of nitrogens with one attached hydrogen (secondary N) is 1. The van der Waals surface area contributed by atoms with Gasteiger partial charge in [0.2, 0.25) is 0 Å². The molecule has 1 aliphatic carbocycles. The molecule has 0 unspecified atom stereocenters. The van der Waals surface area contributed by atoms with E-state index in [0.29, 0.717) is 12.1 Å². The molecule has 5 rings (SSSR count). The predicted molar refractivity (Wildman–Crippen MR) is 139 cm³/mol. The molecule has 33 heavy (non-hydrogen) atoms. The van der Waals surface area contributed by atoms with Crippen molar-refractivity contribution < 1.29 is 0 Å². The number of piperazine rings is 1. The average Bonchev–Trinajstić information content (AvgIpc) is 3.29. The number of pyridine rings is 1. The highest BCUT2D eigenvalue weighted by atomic mass is 15.3. The largest absolute Gasteiger partial charge is 0.370 e. The summed E-state index contributed by atoms with van der Waals surface area (Å²) in [5.41, 5.74) is 6.70. The SMILES string of the molecule is CC(C)N1CCN(CCNC2CCN(c3cncc(C4=Cc5ccccc5C4)c3)CC2)CC1. The fourth-order valence-corrected chi connectivity index (χ4v) is 5.51. The molecule has 1 N–H and O–H groups in total. The van der Waals surface area contributed by atoms with Gasteiger partial charge in [0.05, 0.1) is 11.9 Å². The van der Waals surface area contributed by atoms with Crippen molar-refractivity contribution in [3.63, 3.8) is 0 Å². The summed E-state index contributed by atoms with van der Waals surface area (Å²) in [6.45, 7) is 14.0. The molecule has 2 aliphatic heterocycles. The highest BCUT2D eigenvalue weighted by Gasteiger charge is 2.22. The molecule has 5 heteroatoms. The first-order chi connectivity index (χ1) is 16.2. The molecule has 1 aromatic carbocycles. The second-order valence-electron chi connectivity index (χ2n) is 10.2. The number of benzene rings is 1. The minimum Gasteiger partial charge on any atom is -0.370 e. The maximum absolute atomic E-state index is 4.60. The second-order valence-corrected chi connectivity index (χ2v) is 10.2. The van der Waals surface area contributed by atoms with Gasteiger partial charge >= 0.3 is 0 Å². The third-order valence-corrected chi connectivity index (χ3v) is 7.72. The van der Waals surface area contributed by atoms with Crippen molar-refractivity contribution in [2.24, 2.45) is 0 Å². The molecule has 0 saturated carbocycles. The number of fused-ring (bicyclic) bond motifs is 1. The molecule has 176 valence electrons. The number of hydrogen-bond donors (Lipinski definition) is 1. The molecule has 2 fully saturated rings. The van der Waals surface area contributed by atoms with Gasteiger partial charge in [-0.3, -0.25) is 14.8 Å². The van der Waals surface area contributed by atoms with E-state index in [9.17, 15) is 0 Å². The average molecular weight is 446 g/mol. The first-order valence-corrected chi connectivity index (χ1v) is 12.8. The van der Waals surface area contributed by atoms with Crippen molar-refractivity contribution >= 4 is 17.3 Å². The molecule has 0 bridgehead atoms. The van der Waals surface area contributed by atoms with Crippen molar-refractivity contribution in [2.45, 2.75) is 45.2 Å². The monoisotopic (exact) mass is 445 g/mol. The Hall–Kier alpha value is -2.21. The molecule has 5 nitrogen and oxygen atoms in total. The van der Waals surface area contributed by atoms with E-state index >= 15 is 0 Å². The highest BCUT2D eigenvalue weighted by Crippen LogP contribution is 2.32. The minimum atomic E-state index is 0.640. The Morgan fingerprint density at radius 1 is 1.00 bits per heavy atom. The van der Waals surface area contributed by atoms with E-state index in [1.807, 2.05) is 12.4 Å². The van der Waals surface area contributed by atoms with Crippen LogP contribution in [0.4, 0.5) is 5.69 Å². The van der Waals surface area contributed by atoms with Crippen LogP contribution in [0.2, 0.25) is 0 Å². The van der Waals surface area contributed by atoms with Crippen molar-refractivity contribution in [1.82, 2.24) is 20.1 Å². The molecule has 2 saturated heterocycles. The molecular formula is C28H39N5. The molecular weight excluding hydrogens is 406 g/mol. The topological polar surface area (TPSA) is 34.6 Å². The number of anilines is 1. The van der Waals surface area contributed by atoms with Crippen molar-refractivity contribution in [3.05, 3.63) is 59.4 Å². The van der Waals surface area contributed by atoms with Crippen LogP contribution in [-0.4, -0.2) is 79.2 Å². The Kier molecular flexibility index (Phi) is 7.10. The van der Waals surface area contributed by atoms with E-state index in [-0.39, 0.29) is 0 Å². The van der Waals surface area contributed by atoms with Gasteiger partial charge in [-0.15, -0.1) is 0 Å². The number of rotatable bonds is 7. The summed E-state index contributed by atoms with van der Waals surface area (Å²) in [5.74, 6) is 0. The Balaban J connectivity index is 1.07. The second kappa shape index (κ2) is 10.4. The third-order valence-electron chi connectivity index (χ3n) is 7.72. The molecule has 0 radical (unpaired) electrons. The van der Waals surface area contributed by atoms with Crippen LogP contribution in [0, 0.1) is 0 Å². The van der Waals surface area contributed by atoms with Gasteiger partial charge in [-0.1, -0.05) is 30.3 Å². The maximum Gasteiger partial charge on any atom is 0.0558 e. The van der Waals surface area contributed by atoms with Crippen molar-refractivity contribution in [3.8, 4) is 0 Å². The van der Waals surface area contributed by atoms with Gasteiger partial charge in [0, 0.05) is 70.6 Å². The van der Waals surface area contributed by atoms with Gasteiger partial charge in [-0.2, -0.15) is 0 Å². The van der Waals surface area contributed by atoms with Crippen molar-refractivity contribution in [1.29, 1.82) is 0 Å². The van der Waals surface area contributed by atoms with E-state index in [0.717, 1.165) is 26.1 Å². The van der Waals surface area contributed by atoms with Crippen LogP contribution in [0.3, 0.4) is 0 Å². The third kappa shape index (κ3) is 5.48. The smallest absolute Gasteiger partial charge is 0.0558 e. The highest BCUT2D eigenvalue weighted by molar-refractivity contribution is 5.88. The molecule has 0 spiro atoms. The quantitative estimate of drug-likeness (QED) is 0.702. The summed E-state index contributed by atoms with van der Waals surface area (Å²) >= 11 is 0. The fraction of sp³-hybridized carbons (Fsp3) is 0.536. The first kappa shape index (κ1) is 22.6. The summed E-state index contributed by atoms with van der Waals surface area (Å²) < 4.78 is 0. The Bertz CT molecular complexity index is 952. The Morgan fingerprint density at radius 2 is 1.79 bits per heavy atom. The summed E-state index contributed by atoms with van der Waals surface area (Å²) in [4.78, 5) is 12.3. The number of allylic oxidation sites excluding steroid dienone is 1. The van der Waals surface area contributed by atoms with Crippen LogP contribution in [-0.2, 0) is 6.42 Å². The van der Waals surface area contributed by atoms with E-state index in [1.54, 1.807) is 0 Å². The van der Waals surface area contributed by atoms with E-state index < -0.39 is 0 Å². The lowest BCUT2D eigenvalue weighted by Gasteiger charge is -2.37. The van der Waals surface area contributed by atoms with E-state index in [2.05, 4.69) is 75.3 Å². The summed E-state index contributed by atoms with van der Waals surface area (Å²) in [5, 5.41) is 3.83. The normalized spacial score (nSPS) is 20.3. The van der Waals surface area contributed by atoms with Crippen LogP contribution >= 0.6 is 0 Å². The molecule has 1 aromatic heterocycles. The van der Waals surface area contributed by atoms with Gasteiger partial charge in [-0.25, -0.2) is 0 Å². The summed E-state index contributed by atoms with van der Waals surface area (Å²) in [7, 11) is 0. The summed E-state index contributed by atoms with van der Waals surface area (Å²) in [6, 6.07) is 12.4. The number of piperidine rings is 1. The zero-order valence-electron chi connectivity index (χ0n) is 20.3. The number of hydrogen-bond acceptors (Lipinski definition) is 5. The van der Waals surface area contributed by atoms with Crippen LogP contribution in [0.1, 0.15) is 43.4 Å². The maximum atomic E-state index is 4.60. The van der Waals surface area contributed by atoms with Crippen LogP contribution in [0.25, 0.3) is 11.6 Å². The van der Waals surface area contributed by atoms with E-state index in [1.165, 1.54) is 73.5 Å². The van der Waals surface area contributed by atoms with Gasteiger partial charge in [0.15, 0.2) is 0 Å². The van der Waals surface area contributed by atoms with Gasteiger partial charge in [0.1, 0.15) is 0 Å². The summed E-state index contributed by atoms with van der Waals surface area (Å²) in [6.07, 6.45) is 9.82. The lowest BCUT2D eigenvalue weighted by Crippen LogP contribution is -2.51. The molecule has 0 atom stereocenters. The predicted octanol–water partition coefficient (Wildman–Crippen LogP) is 3.76. The molecule has 3 heterocycles. The van der Waals surface area contributed by atoms with Crippen molar-refractivity contribution in [2.75, 3.05) is 57.3 Å².